The van der Waals surface area contributed by atoms with Crippen LogP contribution in [0.5, 0.6) is 0 Å². The Labute approximate surface area is 154 Å². The largest absolute Gasteiger partial charge is 0.336 e. The second kappa shape index (κ2) is 7.09. The maximum atomic E-state index is 12.6. The third kappa shape index (κ3) is 3.56. The zero-order chi connectivity index (χ0) is 17.3. The van der Waals surface area contributed by atoms with Gasteiger partial charge in [0, 0.05) is 7.05 Å². The minimum absolute atomic E-state index is 0.0140. The predicted molar refractivity (Wildman–Crippen MR) is 101 cm³/mol. The Kier molecular flexibility index (Phi) is 5.09. The van der Waals surface area contributed by atoms with Gasteiger partial charge in [-0.2, -0.15) is 0 Å². The Hall–Kier alpha value is -1.62. The first kappa shape index (κ1) is 17.2. The predicted octanol–water partition coefficient (Wildman–Crippen LogP) is 5.37. The number of rotatable bonds is 4. The Morgan fingerprint density at radius 2 is 1.96 bits per heavy atom. The molecule has 0 saturated carbocycles. The van der Waals surface area contributed by atoms with E-state index < -0.39 is 0 Å². The van der Waals surface area contributed by atoms with E-state index in [0.29, 0.717) is 10.0 Å². The molecule has 0 saturated heterocycles. The summed E-state index contributed by atoms with van der Waals surface area (Å²) in [5, 5.41) is 1.88. The van der Waals surface area contributed by atoms with Gasteiger partial charge in [0.05, 0.1) is 32.7 Å². The molecule has 3 rings (SSSR count). The lowest BCUT2D eigenvalue weighted by Gasteiger charge is -2.23. The molecule has 124 valence electrons. The van der Waals surface area contributed by atoms with E-state index >= 15 is 0 Å². The summed E-state index contributed by atoms with van der Waals surface area (Å²) in [7, 11) is 1.80. The van der Waals surface area contributed by atoms with Crippen molar-refractivity contribution in [1.29, 1.82) is 0 Å². The Balaban J connectivity index is 1.75. The van der Waals surface area contributed by atoms with E-state index in [9.17, 15) is 4.79 Å². The van der Waals surface area contributed by atoms with Crippen molar-refractivity contribution >= 4 is 50.7 Å². The van der Waals surface area contributed by atoms with Gasteiger partial charge in [0.25, 0.3) is 0 Å². The molecule has 0 bridgehead atoms. The number of fused-ring (bicyclic) bond motifs is 1. The van der Waals surface area contributed by atoms with Gasteiger partial charge < -0.3 is 4.90 Å². The Morgan fingerprint density at radius 1 is 1.21 bits per heavy atom. The SMILES string of the molecule is C[C@H](c1nc2ccccc2s1)N(C)C(=O)Cc1ccc(Cl)c(Cl)c1. The van der Waals surface area contributed by atoms with Gasteiger partial charge in [-0.15, -0.1) is 11.3 Å². The van der Waals surface area contributed by atoms with Crippen molar-refractivity contribution < 1.29 is 4.79 Å². The van der Waals surface area contributed by atoms with Gasteiger partial charge in [-0.25, -0.2) is 4.98 Å². The quantitative estimate of drug-likeness (QED) is 0.611. The van der Waals surface area contributed by atoms with Crippen molar-refractivity contribution in [3.05, 3.63) is 63.1 Å². The molecule has 6 heteroatoms. The van der Waals surface area contributed by atoms with Crippen LogP contribution in [0.15, 0.2) is 42.5 Å². The molecule has 1 aromatic heterocycles. The fourth-order valence-electron chi connectivity index (χ4n) is 2.40. The molecule has 0 fully saturated rings. The zero-order valence-electron chi connectivity index (χ0n) is 13.3. The molecule has 24 heavy (non-hydrogen) atoms. The third-order valence-electron chi connectivity index (χ3n) is 3.98. The summed E-state index contributed by atoms with van der Waals surface area (Å²) in [5.41, 5.74) is 1.81. The van der Waals surface area contributed by atoms with Gasteiger partial charge >= 0.3 is 0 Å². The number of benzene rings is 2. The molecule has 0 aliphatic rings. The van der Waals surface area contributed by atoms with Crippen LogP contribution in [0.25, 0.3) is 10.2 Å². The maximum Gasteiger partial charge on any atom is 0.227 e. The smallest absolute Gasteiger partial charge is 0.227 e. The van der Waals surface area contributed by atoms with Crippen LogP contribution in [-0.2, 0) is 11.2 Å². The molecule has 3 nitrogen and oxygen atoms in total. The number of carbonyl (C=O) groups is 1. The van der Waals surface area contributed by atoms with Crippen molar-refractivity contribution in [2.75, 3.05) is 7.05 Å². The molecule has 3 aromatic rings. The first-order valence-corrected chi connectivity index (χ1v) is 9.08. The minimum atomic E-state index is -0.0855. The monoisotopic (exact) mass is 378 g/mol. The first-order valence-electron chi connectivity index (χ1n) is 7.51. The normalized spacial score (nSPS) is 12.3. The number of para-hydroxylation sites is 1. The fourth-order valence-corrected chi connectivity index (χ4v) is 3.78. The van der Waals surface area contributed by atoms with E-state index in [1.165, 1.54) is 0 Å². The van der Waals surface area contributed by atoms with Crippen LogP contribution in [-0.4, -0.2) is 22.8 Å². The second-order valence-corrected chi connectivity index (χ2v) is 7.50. The number of carbonyl (C=O) groups excluding carboxylic acids is 1. The summed E-state index contributed by atoms with van der Waals surface area (Å²) in [5.74, 6) is 0.0140. The molecule has 0 radical (unpaired) electrons. The molecular formula is C18H16Cl2N2OS. The number of halogens is 2. The number of nitrogens with zero attached hydrogens (tertiary/aromatic N) is 2. The number of hydrogen-bond donors (Lipinski definition) is 0. The number of aromatic nitrogens is 1. The molecule has 0 unspecified atom stereocenters. The van der Waals surface area contributed by atoms with Crippen molar-refractivity contribution in [1.82, 2.24) is 9.88 Å². The molecule has 0 N–H and O–H groups in total. The van der Waals surface area contributed by atoms with E-state index in [0.717, 1.165) is 20.8 Å². The summed E-state index contributed by atoms with van der Waals surface area (Å²) >= 11 is 13.5. The standard InChI is InChI=1S/C18H16Cl2N2OS/c1-11(18-21-15-5-3-4-6-16(15)24-18)22(2)17(23)10-12-7-8-13(19)14(20)9-12/h3-9,11H,10H2,1-2H3/t11-/m1/s1. The van der Waals surface area contributed by atoms with Gasteiger partial charge in [-0.1, -0.05) is 41.4 Å². The van der Waals surface area contributed by atoms with Crippen molar-refractivity contribution in [3.63, 3.8) is 0 Å². The number of hydrogen-bond acceptors (Lipinski definition) is 3. The lowest BCUT2D eigenvalue weighted by atomic mass is 10.1. The number of amides is 1. The summed E-state index contributed by atoms with van der Waals surface area (Å²) in [6, 6.07) is 13.2. The molecule has 2 aromatic carbocycles. The lowest BCUT2D eigenvalue weighted by molar-refractivity contribution is -0.131. The topological polar surface area (TPSA) is 33.2 Å². The Morgan fingerprint density at radius 3 is 2.67 bits per heavy atom. The highest BCUT2D eigenvalue weighted by Gasteiger charge is 2.21. The van der Waals surface area contributed by atoms with Crippen LogP contribution in [0, 0.1) is 0 Å². The summed E-state index contributed by atoms with van der Waals surface area (Å²) < 4.78 is 1.13. The van der Waals surface area contributed by atoms with Crippen molar-refractivity contribution in [2.45, 2.75) is 19.4 Å². The van der Waals surface area contributed by atoms with Crippen LogP contribution < -0.4 is 0 Å². The van der Waals surface area contributed by atoms with Gasteiger partial charge in [0.15, 0.2) is 0 Å². The second-order valence-electron chi connectivity index (χ2n) is 5.63. The van der Waals surface area contributed by atoms with Crippen LogP contribution in [0.2, 0.25) is 10.0 Å². The van der Waals surface area contributed by atoms with E-state index in [4.69, 9.17) is 23.2 Å². The van der Waals surface area contributed by atoms with Gasteiger partial charge in [-0.3, -0.25) is 4.79 Å². The highest BCUT2D eigenvalue weighted by Crippen LogP contribution is 2.29. The average Bonchev–Trinajstić information content (AvgIpc) is 3.01. The molecule has 1 heterocycles. The summed E-state index contributed by atoms with van der Waals surface area (Å²) in [4.78, 5) is 18.9. The summed E-state index contributed by atoms with van der Waals surface area (Å²) in [6.07, 6.45) is 0.280. The Bertz CT molecular complexity index is 861. The average molecular weight is 379 g/mol. The van der Waals surface area contributed by atoms with Crippen LogP contribution in [0.1, 0.15) is 23.5 Å². The maximum absolute atomic E-state index is 12.6. The van der Waals surface area contributed by atoms with E-state index in [-0.39, 0.29) is 18.4 Å². The lowest BCUT2D eigenvalue weighted by Crippen LogP contribution is -2.30. The van der Waals surface area contributed by atoms with Crippen LogP contribution in [0.3, 0.4) is 0 Å². The zero-order valence-corrected chi connectivity index (χ0v) is 15.6. The minimum Gasteiger partial charge on any atom is -0.336 e. The molecule has 1 atom stereocenters. The van der Waals surface area contributed by atoms with Crippen molar-refractivity contribution in [3.8, 4) is 0 Å². The number of thiazole rings is 1. The van der Waals surface area contributed by atoms with E-state index in [2.05, 4.69) is 4.98 Å². The number of likely N-dealkylation sites (N-methyl/N-ethyl adjacent to an activating group) is 1. The molecule has 1 amide bonds. The van der Waals surface area contributed by atoms with E-state index in [1.807, 2.05) is 37.3 Å². The third-order valence-corrected chi connectivity index (χ3v) is 5.93. The van der Waals surface area contributed by atoms with Crippen molar-refractivity contribution in [2.24, 2.45) is 0 Å². The molecule has 0 aliphatic carbocycles. The summed E-state index contributed by atoms with van der Waals surface area (Å²) in [6.45, 7) is 1.99. The van der Waals surface area contributed by atoms with Crippen LogP contribution in [0.4, 0.5) is 0 Å². The van der Waals surface area contributed by atoms with Gasteiger partial charge in [0.1, 0.15) is 5.01 Å². The van der Waals surface area contributed by atoms with E-state index in [1.54, 1.807) is 35.4 Å². The van der Waals surface area contributed by atoms with Gasteiger partial charge in [0.2, 0.25) is 5.91 Å². The molecular weight excluding hydrogens is 363 g/mol. The highest BCUT2D eigenvalue weighted by molar-refractivity contribution is 7.18. The van der Waals surface area contributed by atoms with Gasteiger partial charge in [-0.05, 0) is 36.8 Å². The molecule has 0 aliphatic heterocycles. The first-order chi connectivity index (χ1) is 11.5. The molecule has 0 spiro atoms. The fraction of sp³-hybridized carbons (Fsp3) is 0.222. The highest BCUT2D eigenvalue weighted by atomic mass is 35.5. The van der Waals surface area contributed by atoms with Crippen LogP contribution >= 0.6 is 34.5 Å².